The summed E-state index contributed by atoms with van der Waals surface area (Å²) in [6.45, 7) is 4.29. The van der Waals surface area contributed by atoms with Gasteiger partial charge < -0.3 is 9.47 Å². The van der Waals surface area contributed by atoms with E-state index in [1.807, 2.05) is 36.7 Å². The Kier molecular flexibility index (Phi) is 3.79. The zero-order chi connectivity index (χ0) is 17.2. The topological polar surface area (TPSA) is 56.7 Å². The molecule has 0 fully saturated rings. The summed E-state index contributed by atoms with van der Waals surface area (Å²) in [7, 11) is 0. The van der Waals surface area contributed by atoms with Crippen LogP contribution in [0, 0.1) is 11.3 Å². The first-order chi connectivity index (χ1) is 12.3. The summed E-state index contributed by atoms with van der Waals surface area (Å²) in [6.07, 6.45) is 9.68. The SMILES string of the molecule is C=N/C=C\N1Cc2cc(-c3ccc(C#N)cc3)cn2C2=C1CCC=N2. The minimum absolute atomic E-state index is 0.669. The van der Waals surface area contributed by atoms with Crippen LogP contribution in [-0.2, 0) is 6.54 Å². The molecule has 5 nitrogen and oxygen atoms in total. The van der Waals surface area contributed by atoms with Crippen molar-refractivity contribution in [2.24, 2.45) is 9.98 Å². The number of allylic oxidation sites excluding steroid dienone is 1. The number of aliphatic imine (C=N–C) groups is 2. The molecule has 2 aromatic rings. The number of hydrogen-bond acceptors (Lipinski definition) is 4. The van der Waals surface area contributed by atoms with Gasteiger partial charge >= 0.3 is 0 Å². The highest BCUT2D eigenvalue weighted by Gasteiger charge is 2.25. The van der Waals surface area contributed by atoms with Crippen LogP contribution in [0.4, 0.5) is 0 Å². The molecular weight excluding hydrogens is 310 g/mol. The van der Waals surface area contributed by atoms with Crippen LogP contribution < -0.4 is 0 Å². The molecule has 1 aromatic carbocycles. The van der Waals surface area contributed by atoms with Gasteiger partial charge in [0.15, 0.2) is 5.82 Å². The Morgan fingerprint density at radius 1 is 1.24 bits per heavy atom. The minimum atomic E-state index is 0.669. The molecule has 3 heterocycles. The fourth-order valence-corrected chi connectivity index (χ4v) is 3.27. The van der Waals surface area contributed by atoms with Crippen molar-refractivity contribution in [1.29, 1.82) is 5.26 Å². The molecule has 25 heavy (non-hydrogen) atoms. The van der Waals surface area contributed by atoms with E-state index in [2.05, 4.69) is 44.5 Å². The third-order valence-electron chi connectivity index (χ3n) is 4.49. The van der Waals surface area contributed by atoms with Crippen molar-refractivity contribution in [2.75, 3.05) is 0 Å². The van der Waals surface area contributed by atoms with Gasteiger partial charge in [-0.25, -0.2) is 4.99 Å². The minimum Gasteiger partial charge on any atom is -0.341 e. The maximum Gasteiger partial charge on any atom is 0.156 e. The van der Waals surface area contributed by atoms with E-state index in [-0.39, 0.29) is 0 Å². The Morgan fingerprint density at radius 2 is 2.08 bits per heavy atom. The van der Waals surface area contributed by atoms with E-state index in [1.165, 1.54) is 11.4 Å². The zero-order valence-electron chi connectivity index (χ0n) is 13.8. The predicted octanol–water partition coefficient (Wildman–Crippen LogP) is 4.00. The summed E-state index contributed by atoms with van der Waals surface area (Å²) in [5, 5.41) is 8.96. The Bertz CT molecular complexity index is 951. The summed E-state index contributed by atoms with van der Waals surface area (Å²) in [4.78, 5) is 10.7. The lowest BCUT2D eigenvalue weighted by atomic mass is 10.1. The Morgan fingerprint density at radius 3 is 2.84 bits per heavy atom. The molecule has 0 radical (unpaired) electrons. The monoisotopic (exact) mass is 327 g/mol. The summed E-state index contributed by atoms with van der Waals surface area (Å²) in [5.74, 6) is 0.973. The molecule has 0 bridgehead atoms. The Hall–Kier alpha value is -3.39. The highest BCUT2D eigenvalue weighted by atomic mass is 15.2. The van der Waals surface area contributed by atoms with Crippen LogP contribution in [0.2, 0.25) is 0 Å². The molecule has 0 atom stereocenters. The highest BCUT2D eigenvalue weighted by Crippen LogP contribution is 2.35. The smallest absolute Gasteiger partial charge is 0.156 e. The van der Waals surface area contributed by atoms with Gasteiger partial charge in [-0.05, 0) is 43.3 Å². The second-order valence-electron chi connectivity index (χ2n) is 6.01. The summed E-state index contributed by atoms with van der Waals surface area (Å²) >= 11 is 0. The van der Waals surface area contributed by atoms with Crippen LogP contribution in [0.15, 0.2) is 64.6 Å². The lowest BCUT2D eigenvalue weighted by Crippen LogP contribution is -2.26. The average molecular weight is 327 g/mol. The molecule has 0 spiro atoms. The maximum absolute atomic E-state index is 8.96. The van der Waals surface area contributed by atoms with Crippen LogP contribution in [-0.4, -0.2) is 22.4 Å². The van der Waals surface area contributed by atoms with Crippen LogP contribution in [0.1, 0.15) is 24.1 Å². The van der Waals surface area contributed by atoms with Crippen LogP contribution in [0.25, 0.3) is 16.9 Å². The third-order valence-corrected chi connectivity index (χ3v) is 4.49. The van der Waals surface area contributed by atoms with Crippen molar-refractivity contribution < 1.29 is 0 Å². The van der Waals surface area contributed by atoms with E-state index in [9.17, 15) is 0 Å². The summed E-state index contributed by atoms with van der Waals surface area (Å²) < 4.78 is 2.17. The Balaban J connectivity index is 1.77. The van der Waals surface area contributed by atoms with Gasteiger partial charge in [-0.3, -0.25) is 4.99 Å². The molecule has 0 unspecified atom stereocenters. The van der Waals surface area contributed by atoms with Crippen LogP contribution in [0.5, 0.6) is 0 Å². The number of benzene rings is 1. The van der Waals surface area contributed by atoms with E-state index < -0.39 is 0 Å². The molecule has 0 N–H and O–H groups in total. The molecule has 2 aliphatic heterocycles. The van der Waals surface area contributed by atoms with Gasteiger partial charge in [-0.2, -0.15) is 5.26 Å². The molecule has 122 valence electrons. The van der Waals surface area contributed by atoms with Crippen molar-refractivity contribution in [1.82, 2.24) is 9.47 Å². The lowest BCUT2D eigenvalue weighted by Gasteiger charge is -2.32. The van der Waals surface area contributed by atoms with Crippen molar-refractivity contribution in [3.8, 4) is 17.2 Å². The predicted molar refractivity (Wildman–Crippen MR) is 99.8 cm³/mol. The van der Waals surface area contributed by atoms with E-state index >= 15 is 0 Å². The fraction of sp³-hybridized carbons (Fsp3) is 0.150. The van der Waals surface area contributed by atoms with Crippen LogP contribution in [0.3, 0.4) is 0 Å². The molecule has 4 rings (SSSR count). The molecule has 0 saturated heterocycles. The maximum atomic E-state index is 8.96. The normalized spacial score (nSPS) is 15.9. The van der Waals surface area contributed by atoms with Gasteiger partial charge in [0, 0.05) is 36.1 Å². The zero-order valence-corrected chi connectivity index (χ0v) is 13.8. The van der Waals surface area contributed by atoms with Gasteiger partial charge in [0.05, 0.1) is 23.9 Å². The van der Waals surface area contributed by atoms with Gasteiger partial charge in [-0.15, -0.1) is 0 Å². The van der Waals surface area contributed by atoms with Crippen molar-refractivity contribution in [3.63, 3.8) is 0 Å². The number of nitrogens with zero attached hydrogens (tertiary/aromatic N) is 5. The number of nitriles is 1. The average Bonchev–Trinajstić information content (AvgIpc) is 3.10. The van der Waals surface area contributed by atoms with E-state index in [0.717, 1.165) is 36.3 Å². The van der Waals surface area contributed by atoms with Gasteiger partial charge in [0.1, 0.15) is 0 Å². The second kappa shape index (κ2) is 6.25. The molecule has 0 aliphatic carbocycles. The second-order valence-corrected chi connectivity index (χ2v) is 6.01. The molecule has 0 saturated carbocycles. The number of hydrogen-bond donors (Lipinski definition) is 0. The highest BCUT2D eigenvalue weighted by molar-refractivity contribution is 5.74. The van der Waals surface area contributed by atoms with Crippen LogP contribution >= 0.6 is 0 Å². The first kappa shape index (κ1) is 15.2. The summed E-state index contributed by atoms with van der Waals surface area (Å²) in [5.41, 5.74) is 5.27. The lowest BCUT2D eigenvalue weighted by molar-refractivity contribution is 0.413. The van der Waals surface area contributed by atoms with E-state index in [0.29, 0.717) is 5.56 Å². The van der Waals surface area contributed by atoms with Crippen molar-refractivity contribution in [3.05, 3.63) is 65.9 Å². The van der Waals surface area contributed by atoms with E-state index in [1.54, 1.807) is 6.20 Å². The number of fused-ring (bicyclic) bond motifs is 2. The van der Waals surface area contributed by atoms with Crippen molar-refractivity contribution in [2.45, 2.75) is 19.4 Å². The molecule has 0 amide bonds. The summed E-state index contributed by atoms with van der Waals surface area (Å²) in [6, 6.07) is 12.0. The van der Waals surface area contributed by atoms with Gasteiger partial charge in [0.2, 0.25) is 0 Å². The quantitative estimate of drug-likeness (QED) is 0.800. The van der Waals surface area contributed by atoms with Gasteiger partial charge in [0.25, 0.3) is 0 Å². The number of aromatic nitrogens is 1. The standard InChI is InChI=1S/C20H17N5/c1-22-9-10-24-14-18-11-17(16-6-4-15(12-21)5-7-16)13-25(18)20-19(24)3-2-8-23-20/h4-11,13H,1-3,14H2/b10-9-. The molecular formula is C20H17N5. The largest absolute Gasteiger partial charge is 0.341 e. The molecule has 2 aliphatic rings. The van der Waals surface area contributed by atoms with Crippen molar-refractivity contribution >= 4 is 18.8 Å². The van der Waals surface area contributed by atoms with E-state index in [4.69, 9.17) is 5.26 Å². The third kappa shape index (κ3) is 2.68. The first-order valence-electron chi connectivity index (χ1n) is 8.17. The fourth-order valence-electron chi connectivity index (χ4n) is 3.27. The Labute approximate surface area is 146 Å². The first-order valence-corrected chi connectivity index (χ1v) is 8.17. The van der Waals surface area contributed by atoms with Gasteiger partial charge in [-0.1, -0.05) is 12.1 Å². The number of rotatable bonds is 3. The molecule has 1 aromatic heterocycles. The molecule has 5 heteroatoms.